The summed E-state index contributed by atoms with van der Waals surface area (Å²) in [5.74, 6) is 0.733. The summed E-state index contributed by atoms with van der Waals surface area (Å²) in [4.78, 5) is 21.9. The molecule has 2 aliphatic rings. The van der Waals surface area contributed by atoms with Gasteiger partial charge in [-0.2, -0.15) is 0 Å². The van der Waals surface area contributed by atoms with Crippen molar-refractivity contribution in [3.8, 4) is 0 Å². The standard InChI is InChI=1S/C16H16ClIN4O2/c17-14-6-13-12(3-8(18)7-19-13)15(21-14)20-9-4-10-1-2-11(5-9)22(10)16(23)24/h3,6-7,9-11H,1-2,4-5H2,(H,20,21)(H,23,24)/t9-,10+,11-. The molecule has 2 saturated heterocycles. The number of aromatic nitrogens is 2. The zero-order valence-electron chi connectivity index (χ0n) is 12.7. The number of anilines is 1. The van der Waals surface area contributed by atoms with Gasteiger partial charge in [0.2, 0.25) is 0 Å². The molecule has 1 amide bonds. The minimum atomic E-state index is -0.800. The lowest BCUT2D eigenvalue weighted by atomic mass is 9.97. The molecule has 4 rings (SSSR count). The Morgan fingerprint density at radius 1 is 1.33 bits per heavy atom. The van der Waals surface area contributed by atoms with Crippen molar-refractivity contribution in [2.24, 2.45) is 0 Å². The number of hydrogen-bond donors (Lipinski definition) is 2. The van der Waals surface area contributed by atoms with E-state index >= 15 is 0 Å². The molecule has 2 aromatic rings. The lowest BCUT2D eigenvalue weighted by molar-refractivity contribution is 0.0994. The van der Waals surface area contributed by atoms with Gasteiger partial charge in [0, 0.05) is 39.3 Å². The van der Waals surface area contributed by atoms with Crippen LogP contribution in [-0.2, 0) is 0 Å². The van der Waals surface area contributed by atoms with Crippen molar-refractivity contribution in [2.45, 2.75) is 43.8 Å². The van der Waals surface area contributed by atoms with Crippen LogP contribution in [0.15, 0.2) is 18.3 Å². The quantitative estimate of drug-likeness (QED) is 0.526. The monoisotopic (exact) mass is 458 g/mol. The van der Waals surface area contributed by atoms with Gasteiger partial charge >= 0.3 is 6.09 Å². The molecule has 0 radical (unpaired) electrons. The molecule has 2 N–H and O–H groups in total. The van der Waals surface area contributed by atoms with E-state index in [0.29, 0.717) is 5.15 Å². The Balaban J connectivity index is 1.62. The van der Waals surface area contributed by atoms with Crippen molar-refractivity contribution >= 4 is 57.0 Å². The number of rotatable bonds is 2. The molecule has 0 unspecified atom stereocenters. The first-order chi connectivity index (χ1) is 11.5. The van der Waals surface area contributed by atoms with E-state index in [1.165, 1.54) is 0 Å². The molecule has 2 aliphatic heterocycles. The number of carbonyl (C=O) groups is 1. The average molecular weight is 459 g/mol. The first-order valence-corrected chi connectivity index (χ1v) is 9.36. The largest absolute Gasteiger partial charge is 0.465 e. The Labute approximate surface area is 157 Å². The highest BCUT2D eigenvalue weighted by Gasteiger charge is 2.43. The van der Waals surface area contributed by atoms with Crippen LogP contribution in [0, 0.1) is 3.57 Å². The minimum absolute atomic E-state index is 0.0995. The van der Waals surface area contributed by atoms with E-state index < -0.39 is 6.09 Å². The van der Waals surface area contributed by atoms with Crippen LogP contribution in [-0.4, -0.2) is 44.2 Å². The number of amides is 1. The van der Waals surface area contributed by atoms with E-state index in [0.717, 1.165) is 46.0 Å². The molecule has 3 atom stereocenters. The molecule has 24 heavy (non-hydrogen) atoms. The molecule has 0 saturated carbocycles. The normalized spacial score (nSPS) is 25.9. The molecule has 8 heteroatoms. The van der Waals surface area contributed by atoms with Crippen molar-refractivity contribution in [3.63, 3.8) is 0 Å². The fourth-order valence-electron chi connectivity index (χ4n) is 3.98. The van der Waals surface area contributed by atoms with Gasteiger partial charge in [-0.05, 0) is 54.3 Å². The van der Waals surface area contributed by atoms with Gasteiger partial charge in [0.15, 0.2) is 0 Å². The van der Waals surface area contributed by atoms with Gasteiger partial charge < -0.3 is 15.3 Å². The molecular weight excluding hydrogens is 443 g/mol. The van der Waals surface area contributed by atoms with E-state index in [9.17, 15) is 9.90 Å². The van der Waals surface area contributed by atoms with E-state index in [2.05, 4.69) is 37.9 Å². The molecule has 0 spiro atoms. The van der Waals surface area contributed by atoms with Crippen LogP contribution in [0.5, 0.6) is 0 Å². The van der Waals surface area contributed by atoms with Crippen LogP contribution in [0.2, 0.25) is 5.15 Å². The SMILES string of the molecule is O=C(O)N1[C@@H]2CC[C@H]1C[C@@H](Nc1nc(Cl)cc3ncc(I)cc13)C2. The first kappa shape index (κ1) is 16.1. The van der Waals surface area contributed by atoms with Crippen LogP contribution < -0.4 is 5.32 Å². The average Bonchev–Trinajstić information content (AvgIpc) is 2.80. The molecule has 0 aliphatic carbocycles. The van der Waals surface area contributed by atoms with Gasteiger partial charge in [-0.1, -0.05) is 11.6 Å². The number of carboxylic acid groups (broad SMARTS) is 1. The maximum absolute atomic E-state index is 11.4. The summed E-state index contributed by atoms with van der Waals surface area (Å²) in [6.45, 7) is 0. The van der Waals surface area contributed by atoms with E-state index in [1.54, 1.807) is 17.2 Å². The zero-order chi connectivity index (χ0) is 16.8. The number of fused-ring (bicyclic) bond motifs is 3. The summed E-state index contributed by atoms with van der Waals surface area (Å²) < 4.78 is 1.04. The summed E-state index contributed by atoms with van der Waals surface area (Å²) in [5, 5.41) is 14.2. The fourth-order valence-corrected chi connectivity index (χ4v) is 4.62. The highest BCUT2D eigenvalue weighted by Crippen LogP contribution is 2.37. The lowest BCUT2D eigenvalue weighted by Gasteiger charge is -2.37. The number of nitrogens with zero attached hydrogens (tertiary/aromatic N) is 3. The second-order valence-electron chi connectivity index (χ2n) is 6.40. The molecular formula is C16H16ClIN4O2. The molecule has 0 aromatic carbocycles. The predicted octanol–water partition coefficient (Wildman–Crippen LogP) is 3.97. The number of nitrogens with one attached hydrogen (secondary N) is 1. The van der Waals surface area contributed by atoms with Crippen LogP contribution in [0.1, 0.15) is 25.7 Å². The maximum Gasteiger partial charge on any atom is 0.407 e. The predicted molar refractivity (Wildman–Crippen MR) is 101 cm³/mol. The Morgan fingerprint density at radius 3 is 2.71 bits per heavy atom. The second kappa shape index (κ2) is 6.18. The molecule has 4 heterocycles. The third kappa shape index (κ3) is 2.88. The fraction of sp³-hybridized carbons (Fsp3) is 0.438. The van der Waals surface area contributed by atoms with Gasteiger partial charge in [0.05, 0.1) is 5.52 Å². The number of halogens is 2. The first-order valence-electron chi connectivity index (χ1n) is 7.91. The van der Waals surface area contributed by atoms with Gasteiger partial charge in [0.1, 0.15) is 11.0 Å². The molecule has 126 valence electrons. The minimum Gasteiger partial charge on any atom is -0.465 e. The van der Waals surface area contributed by atoms with Crippen molar-refractivity contribution in [3.05, 3.63) is 27.1 Å². The molecule has 2 fully saturated rings. The third-order valence-corrected chi connectivity index (χ3v) is 5.69. The Hall–Kier alpha value is -1.35. The summed E-state index contributed by atoms with van der Waals surface area (Å²) in [5.41, 5.74) is 0.809. The highest BCUT2D eigenvalue weighted by atomic mass is 127. The van der Waals surface area contributed by atoms with Crippen molar-refractivity contribution in [2.75, 3.05) is 5.32 Å². The van der Waals surface area contributed by atoms with Gasteiger partial charge in [0.25, 0.3) is 0 Å². The molecule has 2 aromatic heterocycles. The second-order valence-corrected chi connectivity index (χ2v) is 8.03. The smallest absolute Gasteiger partial charge is 0.407 e. The van der Waals surface area contributed by atoms with E-state index in [4.69, 9.17) is 11.6 Å². The summed E-state index contributed by atoms with van der Waals surface area (Å²) >= 11 is 8.36. The summed E-state index contributed by atoms with van der Waals surface area (Å²) in [6.07, 6.45) is 4.49. The van der Waals surface area contributed by atoms with Gasteiger partial charge in [-0.15, -0.1) is 0 Å². The Kier molecular flexibility index (Phi) is 4.16. The Morgan fingerprint density at radius 2 is 2.04 bits per heavy atom. The molecule has 6 nitrogen and oxygen atoms in total. The summed E-state index contributed by atoms with van der Waals surface area (Å²) in [7, 11) is 0. The van der Waals surface area contributed by atoms with Crippen LogP contribution >= 0.6 is 34.2 Å². The molecule has 2 bridgehead atoms. The van der Waals surface area contributed by atoms with Crippen molar-refractivity contribution in [1.29, 1.82) is 0 Å². The third-order valence-electron chi connectivity index (χ3n) is 4.91. The van der Waals surface area contributed by atoms with Crippen LogP contribution in [0.4, 0.5) is 10.6 Å². The van der Waals surface area contributed by atoms with Crippen molar-refractivity contribution in [1.82, 2.24) is 14.9 Å². The topological polar surface area (TPSA) is 78.4 Å². The van der Waals surface area contributed by atoms with Gasteiger partial charge in [-0.3, -0.25) is 4.98 Å². The number of pyridine rings is 2. The summed E-state index contributed by atoms with van der Waals surface area (Å²) in [6, 6.07) is 4.19. The van der Waals surface area contributed by atoms with Crippen molar-refractivity contribution < 1.29 is 9.90 Å². The number of piperidine rings is 1. The van der Waals surface area contributed by atoms with Crippen LogP contribution in [0.25, 0.3) is 10.9 Å². The van der Waals surface area contributed by atoms with Crippen LogP contribution in [0.3, 0.4) is 0 Å². The van der Waals surface area contributed by atoms with E-state index in [1.807, 2.05) is 6.07 Å². The maximum atomic E-state index is 11.4. The zero-order valence-corrected chi connectivity index (χ0v) is 15.7. The lowest BCUT2D eigenvalue weighted by Crippen LogP contribution is -2.49. The Bertz CT molecular complexity index is 804. The highest BCUT2D eigenvalue weighted by molar-refractivity contribution is 14.1. The van der Waals surface area contributed by atoms with E-state index in [-0.39, 0.29) is 18.1 Å². The van der Waals surface area contributed by atoms with Gasteiger partial charge in [-0.25, -0.2) is 9.78 Å². The number of hydrogen-bond acceptors (Lipinski definition) is 4.